The Hall–Kier alpha value is -2.20. The molecule has 23 heavy (non-hydrogen) atoms. The predicted molar refractivity (Wildman–Crippen MR) is 87.5 cm³/mol. The van der Waals surface area contributed by atoms with Crippen molar-refractivity contribution in [1.29, 1.82) is 0 Å². The number of amides is 1. The summed E-state index contributed by atoms with van der Waals surface area (Å²) >= 11 is 0. The van der Waals surface area contributed by atoms with Gasteiger partial charge in [0.1, 0.15) is 5.82 Å². The molecule has 1 aliphatic heterocycles. The van der Waals surface area contributed by atoms with E-state index in [4.69, 9.17) is 5.11 Å². The van der Waals surface area contributed by atoms with Gasteiger partial charge >= 0.3 is 0 Å². The molecule has 2 aromatic carbocycles. The van der Waals surface area contributed by atoms with Crippen molar-refractivity contribution in [2.45, 2.75) is 12.8 Å². The van der Waals surface area contributed by atoms with Gasteiger partial charge in [-0.2, -0.15) is 0 Å². The van der Waals surface area contributed by atoms with Crippen LogP contribution in [0.5, 0.6) is 0 Å². The molecule has 0 saturated carbocycles. The fourth-order valence-electron chi connectivity index (χ4n) is 2.99. The molecule has 3 rings (SSSR count). The van der Waals surface area contributed by atoms with Gasteiger partial charge in [-0.3, -0.25) is 4.79 Å². The van der Waals surface area contributed by atoms with E-state index in [0.29, 0.717) is 30.1 Å². The first kappa shape index (κ1) is 15.7. The van der Waals surface area contributed by atoms with Gasteiger partial charge in [0.2, 0.25) is 0 Å². The Morgan fingerprint density at radius 1 is 1.09 bits per heavy atom. The number of piperidine rings is 1. The van der Waals surface area contributed by atoms with Crippen LogP contribution in [0, 0.1) is 11.7 Å². The molecule has 1 N–H and O–H groups in total. The van der Waals surface area contributed by atoms with Crippen molar-refractivity contribution in [3.63, 3.8) is 0 Å². The lowest BCUT2D eigenvalue weighted by molar-refractivity contribution is 0.0651. The van der Waals surface area contributed by atoms with E-state index in [2.05, 4.69) is 0 Å². The molecule has 120 valence electrons. The lowest BCUT2D eigenvalue weighted by Gasteiger charge is -2.31. The fourth-order valence-corrected chi connectivity index (χ4v) is 2.99. The van der Waals surface area contributed by atoms with E-state index in [1.54, 1.807) is 42.5 Å². The Morgan fingerprint density at radius 3 is 2.35 bits per heavy atom. The van der Waals surface area contributed by atoms with E-state index in [-0.39, 0.29) is 18.3 Å². The van der Waals surface area contributed by atoms with Crippen molar-refractivity contribution in [3.8, 4) is 11.1 Å². The molecule has 0 unspecified atom stereocenters. The Bertz CT molecular complexity index is 676. The zero-order chi connectivity index (χ0) is 16.2. The number of carbonyl (C=O) groups excluding carboxylic acids is 1. The molecule has 0 aromatic heterocycles. The topological polar surface area (TPSA) is 40.5 Å². The van der Waals surface area contributed by atoms with Gasteiger partial charge in [-0.1, -0.05) is 30.3 Å². The second kappa shape index (κ2) is 6.92. The average molecular weight is 313 g/mol. The van der Waals surface area contributed by atoms with Crippen LogP contribution in [0.2, 0.25) is 0 Å². The van der Waals surface area contributed by atoms with Crippen LogP contribution >= 0.6 is 0 Å². The molecule has 4 heteroatoms. The number of hydrogen-bond acceptors (Lipinski definition) is 2. The van der Waals surface area contributed by atoms with Gasteiger partial charge in [0.05, 0.1) is 0 Å². The molecule has 0 radical (unpaired) electrons. The summed E-state index contributed by atoms with van der Waals surface area (Å²) in [6, 6.07) is 13.7. The summed E-state index contributed by atoms with van der Waals surface area (Å²) in [5, 5.41) is 9.16. The van der Waals surface area contributed by atoms with E-state index >= 15 is 0 Å². The quantitative estimate of drug-likeness (QED) is 0.944. The maximum absolute atomic E-state index is 13.8. The summed E-state index contributed by atoms with van der Waals surface area (Å²) in [7, 11) is 0. The van der Waals surface area contributed by atoms with Crippen LogP contribution in [0.3, 0.4) is 0 Å². The number of nitrogens with zero attached hydrogens (tertiary/aromatic N) is 1. The number of hydrogen-bond donors (Lipinski definition) is 1. The number of benzene rings is 2. The maximum atomic E-state index is 13.8. The SMILES string of the molecule is O=C(c1ccc(-c2ccccc2F)cc1)N1CCC(CO)CC1. The molecule has 1 heterocycles. The number of rotatable bonds is 3. The maximum Gasteiger partial charge on any atom is 0.253 e. The molecule has 2 aromatic rings. The lowest BCUT2D eigenvalue weighted by atomic mass is 9.97. The summed E-state index contributed by atoms with van der Waals surface area (Å²) < 4.78 is 13.8. The Morgan fingerprint density at radius 2 is 1.74 bits per heavy atom. The number of aliphatic hydroxyl groups is 1. The summed E-state index contributed by atoms with van der Waals surface area (Å²) in [6.07, 6.45) is 1.69. The standard InChI is InChI=1S/C19H20FNO2/c20-18-4-2-1-3-17(18)15-5-7-16(8-6-15)19(23)21-11-9-14(13-22)10-12-21/h1-8,14,22H,9-13H2. The van der Waals surface area contributed by atoms with Crippen LogP contribution < -0.4 is 0 Å². The molecule has 0 spiro atoms. The normalized spacial score (nSPS) is 15.7. The molecule has 0 atom stereocenters. The first-order valence-corrected chi connectivity index (χ1v) is 7.94. The highest BCUT2D eigenvalue weighted by atomic mass is 19.1. The first-order chi connectivity index (χ1) is 11.2. The van der Waals surface area contributed by atoms with Crippen LogP contribution in [0.4, 0.5) is 4.39 Å². The molecule has 0 bridgehead atoms. The van der Waals surface area contributed by atoms with E-state index in [1.165, 1.54) is 6.07 Å². The number of halogens is 1. The van der Waals surface area contributed by atoms with Gasteiger partial charge in [0.15, 0.2) is 0 Å². The van der Waals surface area contributed by atoms with Crippen molar-refractivity contribution < 1.29 is 14.3 Å². The molecule has 1 aliphatic rings. The first-order valence-electron chi connectivity index (χ1n) is 7.94. The van der Waals surface area contributed by atoms with Crippen molar-refractivity contribution in [3.05, 3.63) is 59.9 Å². The second-order valence-corrected chi connectivity index (χ2v) is 5.98. The fraction of sp³-hybridized carbons (Fsp3) is 0.316. The van der Waals surface area contributed by atoms with Crippen LogP contribution in [-0.2, 0) is 0 Å². The highest BCUT2D eigenvalue weighted by Crippen LogP contribution is 2.24. The van der Waals surface area contributed by atoms with Crippen LogP contribution in [0.15, 0.2) is 48.5 Å². The highest BCUT2D eigenvalue weighted by Gasteiger charge is 2.23. The van der Waals surface area contributed by atoms with Crippen molar-refractivity contribution in [1.82, 2.24) is 4.90 Å². The summed E-state index contributed by atoms with van der Waals surface area (Å²) in [5.74, 6) is 0.0432. The molecule has 1 saturated heterocycles. The summed E-state index contributed by atoms with van der Waals surface area (Å²) in [4.78, 5) is 14.3. The van der Waals surface area contributed by atoms with Crippen molar-refractivity contribution >= 4 is 5.91 Å². The van der Waals surface area contributed by atoms with Crippen LogP contribution in [0.25, 0.3) is 11.1 Å². The predicted octanol–water partition coefficient (Wildman–Crippen LogP) is 3.34. The van der Waals surface area contributed by atoms with Gasteiger partial charge in [-0.15, -0.1) is 0 Å². The van der Waals surface area contributed by atoms with Crippen molar-refractivity contribution in [2.24, 2.45) is 5.92 Å². The zero-order valence-electron chi connectivity index (χ0n) is 12.9. The molecular weight excluding hydrogens is 293 g/mol. The van der Waals surface area contributed by atoms with Crippen molar-refractivity contribution in [2.75, 3.05) is 19.7 Å². The van der Waals surface area contributed by atoms with Gasteiger partial charge < -0.3 is 10.0 Å². The van der Waals surface area contributed by atoms with E-state index < -0.39 is 0 Å². The third-order valence-corrected chi connectivity index (χ3v) is 4.48. The third kappa shape index (κ3) is 3.42. The van der Waals surface area contributed by atoms with E-state index in [0.717, 1.165) is 18.4 Å². The molecular formula is C19H20FNO2. The monoisotopic (exact) mass is 313 g/mol. The minimum Gasteiger partial charge on any atom is -0.396 e. The summed E-state index contributed by atoms with van der Waals surface area (Å²) in [5.41, 5.74) is 1.92. The summed E-state index contributed by atoms with van der Waals surface area (Å²) in [6.45, 7) is 1.55. The third-order valence-electron chi connectivity index (χ3n) is 4.48. The molecule has 1 amide bonds. The number of aliphatic hydroxyl groups excluding tert-OH is 1. The Labute approximate surface area is 135 Å². The van der Waals surface area contributed by atoms with Gasteiger partial charge in [-0.05, 0) is 42.5 Å². The molecule has 0 aliphatic carbocycles. The second-order valence-electron chi connectivity index (χ2n) is 5.98. The smallest absolute Gasteiger partial charge is 0.253 e. The van der Waals surface area contributed by atoms with Gasteiger partial charge in [0.25, 0.3) is 5.91 Å². The number of carbonyl (C=O) groups is 1. The highest BCUT2D eigenvalue weighted by molar-refractivity contribution is 5.94. The van der Waals surface area contributed by atoms with E-state index in [1.807, 2.05) is 4.90 Å². The van der Waals surface area contributed by atoms with Crippen LogP contribution in [-0.4, -0.2) is 35.6 Å². The Kier molecular flexibility index (Phi) is 4.72. The lowest BCUT2D eigenvalue weighted by Crippen LogP contribution is -2.39. The van der Waals surface area contributed by atoms with Crippen LogP contribution in [0.1, 0.15) is 23.2 Å². The van der Waals surface area contributed by atoms with E-state index in [9.17, 15) is 9.18 Å². The number of likely N-dealkylation sites (tertiary alicyclic amines) is 1. The minimum atomic E-state index is -0.266. The average Bonchev–Trinajstić information content (AvgIpc) is 2.62. The largest absolute Gasteiger partial charge is 0.396 e. The van der Waals surface area contributed by atoms with Gasteiger partial charge in [0, 0.05) is 30.8 Å². The molecule has 1 fully saturated rings. The zero-order valence-corrected chi connectivity index (χ0v) is 12.9. The molecule has 3 nitrogen and oxygen atoms in total. The Balaban J connectivity index is 1.72. The van der Waals surface area contributed by atoms with Gasteiger partial charge in [-0.25, -0.2) is 4.39 Å². The minimum absolute atomic E-state index is 0.00136.